The third kappa shape index (κ3) is 7.18. The molecule has 2 heterocycles. The molecule has 7 nitrogen and oxygen atoms in total. The van der Waals surface area contributed by atoms with Crippen LogP contribution in [0.2, 0.25) is 0 Å². The van der Waals surface area contributed by atoms with E-state index in [0.29, 0.717) is 50.9 Å². The van der Waals surface area contributed by atoms with E-state index in [9.17, 15) is 4.79 Å². The number of fused-ring (bicyclic) bond motifs is 1. The number of aromatic nitrogens is 1. The smallest absolute Gasteiger partial charge is 0.233 e. The molecule has 1 aliphatic rings. The summed E-state index contributed by atoms with van der Waals surface area (Å²) in [5.41, 5.74) is 3.35. The average molecular weight is 551 g/mol. The number of ether oxygens (including phenoxy) is 4. The van der Waals surface area contributed by atoms with E-state index in [1.807, 2.05) is 62.9 Å². The van der Waals surface area contributed by atoms with E-state index >= 15 is 0 Å². The van der Waals surface area contributed by atoms with Crippen molar-refractivity contribution in [2.45, 2.75) is 51.6 Å². The fraction of sp³-hybridized carbons (Fsp3) is 0.419. The lowest BCUT2D eigenvalue weighted by Gasteiger charge is -2.38. The number of pyridine rings is 1. The summed E-state index contributed by atoms with van der Waals surface area (Å²) in [4.78, 5) is 20.0. The average Bonchev–Trinajstić information content (AvgIpc) is 2.95. The van der Waals surface area contributed by atoms with Gasteiger partial charge in [0, 0.05) is 12.7 Å². The minimum atomic E-state index is -0.159. The molecule has 2 aromatic carbocycles. The van der Waals surface area contributed by atoms with E-state index < -0.39 is 0 Å². The Labute approximate surface area is 235 Å². The molecule has 0 aliphatic carbocycles. The zero-order chi connectivity index (χ0) is 27.6. The Morgan fingerprint density at radius 2 is 1.54 bits per heavy atom. The monoisotopic (exact) mass is 550 g/mol. The number of thioether (sulfide) groups is 1. The Hall–Kier alpha value is -3.39. The van der Waals surface area contributed by atoms with Gasteiger partial charge in [-0.25, -0.2) is 4.98 Å². The molecule has 4 rings (SSSR count). The largest absolute Gasteiger partial charge is 0.490 e. The van der Waals surface area contributed by atoms with Crippen LogP contribution in [0, 0.1) is 0 Å². The maximum Gasteiger partial charge on any atom is 0.233 e. The van der Waals surface area contributed by atoms with Gasteiger partial charge in [0.05, 0.1) is 43.2 Å². The third-order valence-corrected chi connectivity index (χ3v) is 7.43. The minimum absolute atomic E-state index is 0.0871. The molecule has 0 spiro atoms. The summed E-state index contributed by atoms with van der Waals surface area (Å²) in [6, 6.07) is 15.8. The second-order valence-electron chi connectivity index (χ2n) is 9.02. The number of hydrogen-bond acceptors (Lipinski definition) is 7. The second kappa shape index (κ2) is 14.1. The third-order valence-electron chi connectivity index (χ3n) is 6.50. The van der Waals surface area contributed by atoms with Crippen molar-refractivity contribution >= 4 is 17.7 Å². The molecule has 1 aromatic heterocycles. The number of nitrogens with zero attached hydrogens (tertiary/aromatic N) is 2. The minimum Gasteiger partial charge on any atom is -0.490 e. The second-order valence-corrected chi connectivity index (χ2v) is 10.0. The number of carbonyl (C=O) groups is 1. The van der Waals surface area contributed by atoms with Crippen LogP contribution >= 0.6 is 11.8 Å². The van der Waals surface area contributed by atoms with Gasteiger partial charge in [-0.3, -0.25) is 4.79 Å². The number of hydrogen-bond donors (Lipinski definition) is 0. The highest BCUT2D eigenvalue weighted by atomic mass is 32.2. The lowest BCUT2D eigenvalue weighted by atomic mass is 9.88. The molecule has 1 aliphatic heterocycles. The van der Waals surface area contributed by atoms with Gasteiger partial charge in [0.15, 0.2) is 23.0 Å². The molecule has 8 heteroatoms. The zero-order valence-electron chi connectivity index (χ0n) is 23.3. The summed E-state index contributed by atoms with van der Waals surface area (Å²) < 4.78 is 23.5. The molecule has 1 amide bonds. The van der Waals surface area contributed by atoms with Crippen LogP contribution in [0.3, 0.4) is 0 Å². The summed E-state index contributed by atoms with van der Waals surface area (Å²) in [5, 5.41) is 0.840. The van der Waals surface area contributed by atoms with E-state index in [1.165, 1.54) is 17.3 Å². The molecular weight excluding hydrogens is 512 g/mol. The summed E-state index contributed by atoms with van der Waals surface area (Å²) >= 11 is 1.47. The fourth-order valence-electron chi connectivity index (χ4n) is 4.86. The predicted molar refractivity (Wildman–Crippen MR) is 154 cm³/mol. The molecule has 39 heavy (non-hydrogen) atoms. The highest BCUT2D eigenvalue weighted by Crippen LogP contribution is 2.41. The summed E-state index contributed by atoms with van der Waals surface area (Å²) in [5.74, 6) is 3.32. The first kappa shape index (κ1) is 28.6. The predicted octanol–water partition coefficient (Wildman–Crippen LogP) is 6.14. The number of amides is 1. The van der Waals surface area contributed by atoms with Crippen LogP contribution in [0.15, 0.2) is 59.8 Å². The molecule has 0 unspecified atom stereocenters. The molecule has 3 aromatic rings. The van der Waals surface area contributed by atoms with Crippen molar-refractivity contribution < 1.29 is 23.7 Å². The number of carbonyl (C=O) groups excluding carboxylic acids is 1. The Bertz CT molecular complexity index is 1240. The van der Waals surface area contributed by atoms with Crippen LogP contribution in [0.1, 0.15) is 50.4 Å². The molecule has 208 valence electrons. The van der Waals surface area contributed by atoms with Gasteiger partial charge in [0.1, 0.15) is 0 Å². The van der Waals surface area contributed by atoms with Gasteiger partial charge in [-0.1, -0.05) is 23.9 Å². The quantitative estimate of drug-likeness (QED) is 0.237. The summed E-state index contributed by atoms with van der Waals surface area (Å²) in [7, 11) is 0. The topological polar surface area (TPSA) is 70.1 Å². The Morgan fingerprint density at radius 3 is 2.21 bits per heavy atom. The van der Waals surface area contributed by atoms with Gasteiger partial charge in [-0.05, 0) is 93.6 Å². The maximum absolute atomic E-state index is 13.6. The molecule has 0 fully saturated rings. The lowest BCUT2D eigenvalue weighted by molar-refractivity contribution is -0.131. The van der Waals surface area contributed by atoms with Crippen molar-refractivity contribution in [2.24, 2.45) is 0 Å². The first-order valence-electron chi connectivity index (χ1n) is 13.7. The van der Waals surface area contributed by atoms with Gasteiger partial charge < -0.3 is 23.8 Å². The van der Waals surface area contributed by atoms with Crippen molar-refractivity contribution in [1.29, 1.82) is 0 Å². The molecule has 0 N–H and O–H groups in total. The zero-order valence-corrected chi connectivity index (χ0v) is 24.1. The number of rotatable bonds is 13. The highest BCUT2D eigenvalue weighted by molar-refractivity contribution is 7.99. The van der Waals surface area contributed by atoms with Crippen LogP contribution in [0.5, 0.6) is 23.0 Å². The van der Waals surface area contributed by atoms with Gasteiger partial charge in [0.2, 0.25) is 5.91 Å². The fourth-order valence-corrected chi connectivity index (χ4v) is 5.61. The summed E-state index contributed by atoms with van der Waals surface area (Å²) in [6.07, 6.45) is 3.14. The lowest BCUT2D eigenvalue weighted by Crippen LogP contribution is -2.42. The van der Waals surface area contributed by atoms with Gasteiger partial charge in [-0.2, -0.15) is 0 Å². The van der Waals surface area contributed by atoms with Gasteiger partial charge in [-0.15, -0.1) is 0 Å². The van der Waals surface area contributed by atoms with E-state index in [4.69, 9.17) is 18.9 Å². The first-order valence-corrected chi connectivity index (χ1v) is 14.7. The number of benzene rings is 2. The Kier molecular flexibility index (Phi) is 10.4. The van der Waals surface area contributed by atoms with Crippen LogP contribution in [-0.2, 0) is 17.6 Å². The molecule has 0 saturated heterocycles. The van der Waals surface area contributed by atoms with Crippen molar-refractivity contribution in [3.8, 4) is 23.0 Å². The normalized spacial score (nSPS) is 14.5. The molecular formula is C31H38N2O5S. The van der Waals surface area contributed by atoms with Gasteiger partial charge in [0.25, 0.3) is 0 Å². The van der Waals surface area contributed by atoms with Crippen molar-refractivity contribution in [2.75, 3.05) is 38.7 Å². The van der Waals surface area contributed by atoms with Gasteiger partial charge >= 0.3 is 0 Å². The van der Waals surface area contributed by atoms with Crippen LogP contribution < -0.4 is 18.9 Å². The standard InChI is InChI=1S/C31H38N2O5S/c1-5-35-26-13-12-22(18-27(26)36-6-2)17-25-24-20-29(38-8-4)28(37-7-3)19-23(24)14-16-33(25)31(34)21-39-30-11-9-10-15-32-30/h9-13,15,18-20,25H,5-8,14,16-17,21H2,1-4H3/t25-/m0/s1. The summed E-state index contributed by atoms with van der Waals surface area (Å²) in [6.45, 7) is 10.7. The van der Waals surface area contributed by atoms with Crippen LogP contribution in [-0.4, -0.2) is 54.5 Å². The van der Waals surface area contributed by atoms with Crippen molar-refractivity contribution in [1.82, 2.24) is 9.88 Å². The molecule has 0 bridgehead atoms. The van der Waals surface area contributed by atoms with Crippen molar-refractivity contribution in [3.05, 3.63) is 71.4 Å². The van der Waals surface area contributed by atoms with E-state index in [0.717, 1.165) is 39.8 Å². The van der Waals surface area contributed by atoms with E-state index in [1.54, 1.807) is 6.20 Å². The SMILES string of the molecule is CCOc1ccc(C[C@H]2c3cc(OCC)c(OCC)cc3CCN2C(=O)CSc2ccccn2)cc1OCC. The Balaban J connectivity index is 1.69. The molecule has 1 atom stereocenters. The molecule has 0 saturated carbocycles. The van der Waals surface area contributed by atoms with E-state index in [-0.39, 0.29) is 11.9 Å². The first-order chi connectivity index (χ1) is 19.1. The molecule has 0 radical (unpaired) electrons. The van der Waals surface area contributed by atoms with E-state index in [2.05, 4.69) is 23.2 Å². The van der Waals surface area contributed by atoms with Crippen molar-refractivity contribution in [3.63, 3.8) is 0 Å². The highest BCUT2D eigenvalue weighted by Gasteiger charge is 2.32. The maximum atomic E-state index is 13.6. The Morgan fingerprint density at radius 1 is 0.872 bits per heavy atom. The van der Waals surface area contributed by atoms with Crippen LogP contribution in [0.4, 0.5) is 0 Å². The van der Waals surface area contributed by atoms with Crippen LogP contribution in [0.25, 0.3) is 0 Å².